The number of nitrogens with zero attached hydrogens (tertiary/aromatic N) is 2. The van der Waals surface area contributed by atoms with Crippen molar-refractivity contribution in [1.29, 1.82) is 0 Å². The van der Waals surface area contributed by atoms with Crippen LogP contribution in [0.15, 0.2) is 15.7 Å². The third-order valence-corrected chi connectivity index (χ3v) is 5.33. The minimum Gasteiger partial charge on any atom is -0.306 e. The molecule has 0 spiro atoms. The summed E-state index contributed by atoms with van der Waals surface area (Å²) in [5, 5.41) is 0.668. The van der Waals surface area contributed by atoms with Crippen LogP contribution >= 0.6 is 11.3 Å². The molecule has 0 saturated carbocycles. The van der Waals surface area contributed by atoms with Crippen LogP contribution in [0.1, 0.15) is 37.1 Å². The summed E-state index contributed by atoms with van der Waals surface area (Å²) in [6.45, 7) is 3.97. The van der Waals surface area contributed by atoms with Gasteiger partial charge in [0.1, 0.15) is 4.83 Å². The monoisotopic (exact) mass is 307 g/mol. The summed E-state index contributed by atoms with van der Waals surface area (Å²) < 4.78 is 1.44. The SMILES string of the molecule is CCCc1cc2c(=O)n(C3CCN(C)CC3)c(=O)[nH]c2s1. The van der Waals surface area contributed by atoms with Gasteiger partial charge < -0.3 is 4.90 Å². The first-order valence-corrected chi connectivity index (χ1v) is 8.37. The Bertz CT molecular complexity index is 750. The van der Waals surface area contributed by atoms with E-state index in [9.17, 15) is 9.59 Å². The predicted molar refractivity (Wildman–Crippen MR) is 86.5 cm³/mol. The van der Waals surface area contributed by atoms with Crippen LogP contribution in [0.25, 0.3) is 10.2 Å². The smallest absolute Gasteiger partial charge is 0.306 e. The lowest BCUT2D eigenvalue weighted by atomic mass is 10.1. The second-order valence-corrected chi connectivity index (χ2v) is 6.98. The second kappa shape index (κ2) is 5.77. The van der Waals surface area contributed by atoms with Gasteiger partial charge in [0.15, 0.2) is 0 Å². The fourth-order valence-electron chi connectivity index (χ4n) is 3.03. The summed E-state index contributed by atoms with van der Waals surface area (Å²) in [6.07, 6.45) is 3.71. The molecule has 2 aromatic rings. The predicted octanol–water partition coefficient (Wildman–Crippen LogP) is 1.97. The first-order chi connectivity index (χ1) is 10.1. The van der Waals surface area contributed by atoms with Crippen LogP contribution in [0.3, 0.4) is 0 Å². The molecule has 1 N–H and O–H groups in total. The van der Waals surface area contributed by atoms with Crippen molar-refractivity contribution in [2.45, 2.75) is 38.6 Å². The summed E-state index contributed by atoms with van der Waals surface area (Å²) in [5.41, 5.74) is -0.381. The van der Waals surface area contributed by atoms with E-state index in [-0.39, 0.29) is 17.3 Å². The number of rotatable bonds is 3. The molecule has 6 heteroatoms. The molecular weight excluding hydrogens is 286 g/mol. The molecule has 3 rings (SSSR count). The van der Waals surface area contributed by atoms with Gasteiger partial charge in [0.25, 0.3) is 5.56 Å². The highest BCUT2D eigenvalue weighted by Gasteiger charge is 2.22. The van der Waals surface area contributed by atoms with Crippen molar-refractivity contribution in [2.75, 3.05) is 20.1 Å². The van der Waals surface area contributed by atoms with Crippen molar-refractivity contribution in [3.05, 3.63) is 31.8 Å². The summed E-state index contributed by atoms with van der Waals surface area (Å²) in [4.78, 5) is 32.0. The van der Waals surface area contributed by atoms with Gasteiger partial charge in [-0.2, -0.15) is 0 Å². The standard InChI is InChI=1S/C15H21N3O2S/c1-3-4-11-9-12-13(21-11)16-15(20)18(14(12)19)10-5-7-17(2)8-6-10/h9-10H,3-8H2,1-2H3,(H,16,20). The van der Waals surface area contributed by atoms with Crippen molar-refractivity contribution in [1.82, 2.24) is 14.5 Å². The molecule has 1 saturated heterocycles. The van der Waals surface area contributed by atoms with Crippen LogP contribution in [0, 0.1) is 0 Å². The van der Waals surface area contributed by atoms with Crippen LogP contribution < -0.4 is 11.2 Å². The lowest BCUT2D eigenvalue weighted by Gasteiger charge is -2.29. The van der Waals surface area contributed by atoms with E-state index in [0.717, 1.165) is 43.6 Å². The van der Waals surface area contributed by atoms with E-state index in [1.54, 1.807) is 0 Å². The molecule has 0 amide bonds. The van der Waals surface area contributed by atoms with Gasteiger partial charge >= 0.3 is 5.69 Å². The molecule has 5 nitrogen and oxygen atoms in total. The minimum atomic E-state index is -0.257. The molecule has 0 aromatic carbocycles. The molecule has 1 fully saturated rings. The Morgan fingerprint density at radius 2 is 2.05 bits per heavy atom. The number of thiophene rings is 1. The summed E-state index contributed by atoms with van der Waals surface area (Å²) in [6, 6.07) is 1.98. The molecule has 21 heavy (non-hydrogen) atoms. The maximum absolute atomic E-state index is 12.7. The average molecular weight is 307 g/mol. The Hall–Kier alpha value is -1.40. The van der Waals surface area contributed by atoms with Crippen LogP contribution in [0.2, 0.25) is 0 Å². The van der Waals surface area contributed by atoms with Crippen LogP contribution in [-0.2, 0) is 6.42 Å². The number of aromatic nitrogens is 2. The molecular formula is C15H21N3O2S. The first-order valence-electron chi connectivity index (χ1n) is 7.56. The Kier molecular flexibility index (Phi) is 3.99. The van der Waals surface area contributed by atoms with Gasteiger partial charge in [-0.3, -0.25) is 14.3 Å². The van der Waals surface area contributed by atoms with Crippen molar-refractivity contribution < 1.29 is 0 Å². The third kappa shape index (κ3) is 2.70. The zero-order valence-electron chi connectivity index (χ0n) is 12.5. The van der Waals surface area contributed by atoms with Crippen LogP contribution in [0.5, 0.6) is 0 Å². The zero-order valence-corrected chi connectivity index (χ0v) is 13.3. The van der Waals surface area contributed by atoms with Gasteiger partial charge in [0.05, 0.1) is 5.39 Å². The van der Waals surface area contributed by atoms with E-state index >= 15 is 0 Å². The van der Waals surface area contributed by atoms with Gasteiger partial charge in [0.2, 0.25) is 0 Å². The Labute approximate surface area is 127 Å². The Balaban J connectivity index is 2.06. The number of aryl methyl sites for hydroxylation is 1. The van der Waals surface area contributed by atoms with Gasteiger partial charge in [-0.25, -0.2) is 4.79 Å². The molecule has 2 aromatic heterocycles. The van der Waals surface area contributed by atoms with E-state index in [4.69, 9.17) is 0 Å². The van der Waals surface area contributed by atoms with Crippen molar-refractivity contribution >= 4 is 21.6 Å². The molecule has 0 atom stereocenters. The van der Waals surface area contributed by atoms with E-state index in [2.05, 4.69) is 23.9 Å². The Morgan fingerprint density at radius 3 is 2.71 bits per heavy atom. The summed E-state index contributed by atoms with van der Waals surface area (Å²) in [7, 11) is 2.07. The number of piperidine rings is 1. The summed E-state index contributed by atoms with van der Waals surface area (Å²) >= 11 is 1.53. The van der Waals surface area contributed by atoms with Crippen LogP contribution in [-0.4, -0.2) is 34.6 Å². The first kappa shape index (κ1) is 14.5. The van der Waals surface area contributed by atoms with E-state index < -0.39 is 0 Å². The molecule has 1 aliphatic heterocycles. The normalized spacial score (nSPS) is 17.6. The van der Waals surface area contributed by atoms with E-state index in [1.165, 1.54) is 20.8 Å². The lowest BCUT2D eigenvalue weighted by Crippen LogP contribution is -2.42. The molecule has 0 radical (unpaired) electrons. The second-order valence-electron chi connectivity index (χ2n) is 5.85. The topological polar surface area (TPSA) is 58.1 Å². The average Bonchev–Trinajstić information content (AvgIpc) is 2.84. The third-order valence-electron chi connectivity index (χ3n) is 4.22. The van der Waals surface area contributed by atoms with Crippen molar-refractivity contribution in [3.8, 4) is 0 Å². The van der Waals surface area contributed by atoms with E-state index in [1.807, 2.05) is 6.07 Å². The summed E-state index contributed by atoms with van der Waals surface area (Å²) in [5.74, 6) is 0. The molecule has 0 aliphatic carbocycles. The number of aromatic amines is 1. The number of H-pyrrole nitrogens is 1. The van der Waals surface area contributed by atoms with Crippen LogP contribution in [0.4, 0.5) is 0 Å². The molecule has 0 unspecified atom stereocenters. The number of hydrogen-bond acceptors (Lipinski definition) is 4. The highest BCUT2D eigenvalue weighted by Crippen LogP contribution is 2.23. The maximum atomic E-state index is 12.7. The van der Waals surface area contributed by atoms with Crippen molar-refractivity contribution in [2.24, 2.45) is 0 Å². The number of nitrogens with one attached hydrogen (secondary N) is 1. The number of likely N-dealkylation sites (tertiary alicyclic amines) is 1. The van der Waals surface area contributed by atoms with Crippen molar-refractivity contribution in [3.63, 3.8) is 0 Å². The van der Waals surface area contributed by atoms with Gasteiger partial charge in [-0.1, -0.05) is 13.3 Å². The highest BCUT2D eigenvalue weighted by atomic mass is 32.1. The molecule has 1 aliphatic rings. The van der Waals surface area contributed by atoms with Gasteiger partial charge in [-0.15, -0.1) is 11.3 Å². The minimum absolute atomic E-state index is 0.0244. The Morgan fingerprint density at radius 1 is 1.33 bits per heavy atom. The van der Waals surface area contributed by atoms with Gasteiger partial charge in [-0.05, 0) is 45.5 Å². The fourth-order valence-corrected chi connectivity index (χ4v) is 4.17. The number of fused-ring (bicyclic) bond motifs is 1. The quantitative estimate of drug-likeness (QED) is 0.943. The van der Waals surface area contributed by atoms with E-state index in [0.29, 0.717) is 5.39 Å². The molecule has 3 heterocycles. The van der Waals surface area contributed by atoms with Gasteiger partial charge in [0, 0.05) is 10.9 Å². The molecule has 114 valence electrons. The molecule has 0 bridgehead atoms. The highest BCUT2D eigenvalue weighted by molar-refractivity contribution is 7.18. The zero-order chi connectivity index (χ0) is 15.0. The largest absolute Gasteiger partial charge is 0.329 e. The maximum Gasteiger partial charge on any atom is 0.329 e. The lowest BCUT2D eigenvalue weighted by molar-refractivity contribution is 0.216. The number of hydrogen-bond donors (Lipinski definition) is 1. The fraction of sp³-hybridized carbons (Fsp3) is 0.600.